The van der Waals surface area contributed by atoms with Crippen LogP contribution in [0, 0.1) is 25.7 Å². The average Bonchev–Trinajstić information content (AvgIpc) is 3.35. The zero-order valence-corrected chi connectivity index (χ0v) is 21.1. The number of carboxylic acids is 1. The van der Waals surface area contributed by atoms with Crippen LogP contribution in [0.4, 0.5) is 5.69 Å². The summed E-state index contributed by atoms with van der Waals surface area (Å²) in [6, 6.07) is 4.44. The molecule has 3 saturated heterocycles. The molecule has 0 aromatic heterocycles. The lowest BCUT2D eigenvalue weighted by atomic mass is 9.66. The Labute approximate surface area is 205 Å². The van der Waals surface area contributed by atoms with E-state index in [0.29, 0.717) is 19.3 Å². The zero-order valence-electron chi connectivity index (χ0n) is 20.3. The van der Waals surface area contributed by atoms with E-state index in [9.17, 15) is 24.6 Å². The molecule has 2 unspecified atom stereocenters. The fraction of sp³-hybridized carbons (Fsp3) is 0.577. The number of hydrogen-bond donors (Lipinski definition) is 2. The maximum absolute atomic E-state index is 14.5. The summed E-state index contributed by atoms with van der Waals surface area (Å²) in [7, 11) is 0. The molecular formula is C26H34N2O5S. The number of benzene rings is 1. The number of rotatable bonds is 8. The van der Waals surface area contributed by atoms with Crippen LogP contribution in [-0.4, -0.2) is 67.6 Å². The van der Waals surface area contributed by atoms with E-state index in [1.165, 1.54) is 16.7 Å². The number of aliphatic carboxylic acids is 1. The van der Waals surface area contributed by atoms with E-state index < -0.39 is 39.4 Å². The van der Waals surface area contributed by atoms with Crippen LogP contribution in [0.3, 0.4) is 0 Å². The van der Waals surface area contributed by atoms with E-state index in [1.807, 2.05) is 45.9 Å². The third kappa shape index (κ3) is 3.33. The Bertz CT molecular complexity index is 1020. The number of hydrogen-bond acceptors (Lipinski definition) is 5. The molecule has 2 amide bonds. The van der Waals surface area contributed by atoms with Gasteiger partial charge < -0.3 is 20.0 Å². The monoisotopic (exact) mass is 486 g/mol. The van der Waals surface area contributed by atoms with Crippen molar-refractivity contribution >= 4 is 35.2 Å². The summed E-state index contributed by atoms with van der Waals surface area (Å²) >= 11 is 1.51. The van der Waals surface area contributed by atoms with Crippen molar-refractivity contribution in [1.29, 1.82) is 0 Å². The molecular weight excluding hydrogens is 452 g/mol. The van der Waals surface area contributed by atoms with E-state index >= 15 is 0 Å². The third-order valence-electron chi connectivity index (χ3n) is 8.08. The molecule has 7 nitrogen and oxygen atoms in total. The first-order valence-electron chi connectivity index (χ1n) is 11.9. The summed E-state index contributed by atoms with van der Waals surface area (Å²) in [5.41, 5.74) is 2.66. The van der Waals surface area contributed by atoms with Gasteiger partial charge in [0, 0.05) is 17.0 Å². The number of likely N-dealkylation sites (tertiary alicyclic amines) is 1. The molecule has 1 aromatic carbocycles. The van der Waals surface area contributed by atoms with Gasteiger partial charge in [0.1, 0.15) is 6.04 Å². The number of thioether (sulfide) groups is 1. The molecule has 1 aromatic rings. The number of carboxylic acid groups (broad SMARTS) is 1. The third-order valence-corrected chi connectivity index (χ3v) is 10.1. The maximum Gasteiger partial charge on any atom is 0.308 e. The smallest absolute Gasteiger partial charge is 0.308 e. The van der Waals surface area contributed by atoms with Gasteiger partial charge >= 0.3 is 5.97 Å². The van der Waals surface area contributed by atoms with Crippen LogP contribution < -0.4 is 4.90 Å². The van der Waals surface area contributed by atoms with Crippen molar-refractivity contribution in [3.8, 4) is 0 Å². The summed E-state index contributed by atoms with van der Waals surface area (Å²) in [5.74, 6) is -3.18. The number of anilines is 1. The Balaban J connectivity index is 1.89. The Kier molecular flexibility index (Phi) is 6.36. The molecule has 3 fully saturated rings. The van der Waals surface area contributed by atoms with Crippen LogP contribution in [-0.2, 0) is 14.4 Å². The van der Waals surface area contributed by atoms with Crippen LogP contribution in [0.15, 0.2) is 30.9 Å². The normalized spacial score (nSPS) is 32.6. The zero-order chi connectivity index (χ0) is 25.0. The number of aryl methyl sites for hydroxylation is 2. The van der Waals surface area contributed by atoms with Gasteiger partial charge in [-0.2, -0.15) is 0 Å². The highest BCUT2D eigenvalue weighted by atomic mass is 32.2. The molecule has 1 spiro atoms. The maximum atomic E-state index is 14.5. The van der Waals surface area contributed by atoms with Gasteiger partial charge in [-0.1, -0.05) is 31.2 Å². The Morgan fingerprint density at radius 2 is 1.97 bits per heavy atom. The Hall–Kier alpha value is -2.32. The molecule has 3 heterocycles. The number of nitrogens with zero attached hydrogens (tertiary/aromatic N) is 2. The fourth-order valence-corrected chi connectivity index (χ4v) is 8.96. The molecule has 0 saturated carbocycles. The summed E-state index contributed by atoms with van der Waals surface area (Å²) < 4.78 is -1.43. The van der Waals surface area contributed by atoms with Gasteiger partial charge in [-0.3, -0.25) is 14.4 Å². The molecule has 184 valence electrons. The summed E-state index contributed by atoms with van der Waals surface area (Å²) in [5, 5.41) is 20.3. The van der Waals surface area contributed by atoms with E-state index in [4.69, 9.17) is 0 Å². The molecule has 4 rings (SSSR count). The second kappa shape index (κ2) is 8.72. The number of fused-ring (bicyclic) bond motifs is 1. The number of amides is 2. The van der Waals surface area contributed by atoms with Crippen LogP contribution in [0.1, 0.15) is 44.2 Å². The van der Waals surface area contributed by atoms with Gasteiger partial charge in [0.05, 0.1) is 29.2 Å². The topological polar surface area (TPSA) is 98.2 Å². The molecule has 2 bridgehead atoms. The van der Waals surface area contributed by atoms with Gasteiger partial charge in [-0.25, -0.2) is 0 Å². The molecule has 0 aliphatic carbocycles. The number of carbonyl (C=O) groups excluding carboxylic acids is 2. The van der Waals surface area contributed by atoms with E-state index in [0.717, 1.165) is 16.8 Å². The lowest BCUT2D eigenvalue weighted by Gasteiger charge is -2.40. The van der Waals surface area contributed by atoms with Gasteiger partial charge in [0.15, 0.2) is 0 Å². The van der Waals surface area contributed by atoms with E-state index in [2.05, 4.69) is 6.58 Å². The average molecular weight is 487 g/mol. The fourth-order valence-electron chi connectivity index (χ4n) is 6.63. The molecule has 34 heavy (non-hydrogen) atoms. The predicted octanol–water partition coefficient (Wildman–Crippen LogP) is 3.16. The standard InChI is InChI=1S/C26H34N2O5S/c1-6-13-27(20-15(3)9-8-10-16(20)4)23(31)21-26-12-11-25(5,34-26)19(24(32)33)18(26)22(30)28(21)17(7-2)14-29/h6,8-10,17-19,21,29H,1,7,11-14H2,2-5H3,(H,32,33)/t17-,18-,19-,21?,25+,26?/m0/s1. The molecule has 6 atom stereocenters. The van der Waals surface area contributed by atoms with Crippen molar-refractivity contribution in [2.75, 3.05) is 18.1 Å². The van der Waals surface area contributed by atoms with Crippen LogP contribution in [0.5, 0.6) is 0 Å². The first kappa shape index (κ1) is 24.8. The van der Waals surface area contributed by atoms with Crippen molar-refractivity contribution in [1.82, 2.24) is 4.90 Å². The highest BCUT2D eigenvalue weighted by Gasteiger charge is 2.78. The first-order chi connectivity index (χ1) is 16.1. The minimum absolute atomic E-state index is 0.233. The highest BCUT2D eigenvalue weighted by Crippen LogP contribution is 2.71. The molecule has 8 heteroatoms. The summed E-state index contributed by atoms with van der Waals surface area (Å²) in [4.78, 5) is 44.0. The number of carbonyl (C=O) groups is 3. The minimum Gasteiger partial charge on any atom is -0.481 e. The lowest BCUT2D eigenvalue weighted by molar-refractivity contribution is -0.150. The quantitative estimate of drug-likeness (QED) is 0.548. The largest absolute Gasteiger partial charge is 0.481 e. The molecule has 3 aliphatic rings. The van der Waals surface area contributed by atoms with Crippen molar-refractivity contribution in [2.45, 2.75) is 68.5 Å². The van der Waals surface area contributed by atoms with Gasteiger partial charge in [0.25, 0.3) is 5.91 Å². The first-order valence-corrected chi connectivity index (χ1v) is 12.7. The van der Waals surface area contributed by atoms with Crippen LogP contribution in [0.25, 0.3) is 0 Å². The van der Waals surface area contributed by atoms with Gasteiger partial charge in [-0.05, 0) is 51.2 Å². The van der Waals surface area contributed by atoms with Crippen molar-refractivity contribution < 1.29 is 24.6 Å². The molecule has 0 radical (unpaired) electrons. The minimum atomic E-state index is -0.988. The van der Waals surface area contributed by atoms with Gasteiger partial charge in [0.2, 0.25) is 5.91 Å². The lowest BCUT2D eigenvalue weighted by Crippen LogP contribution is -2.57. The van der Waals surface area contributed by atoms with Crippen molar-refractivity contribution in [3.05, 3.63) is 42.0 Å². The Morgan fingerprint density at radius 3 is 2.50 bits per heavy atom. The van der Waals surface area contributed by atoms with Crippen molar-refractivity contribution in [2.24, 2.45) is 11.8 Å². The van der Waals surface area contributed by atoms with Crippen molar-refractivity contribution in [3.63, 3.8) is 0 Å². The SMILES string of the molecule is C=CCN(C(=O)C1N([C@@H](CC)CO)C(=O)[C@@H]2[C@@H](C(=O)O)[C@@]3(C)CCC12S3)c1c(C)cccc1C. The van der Waals surface area contributed by atoms with Crippen LogP contribution >= 0.6 is 11.8 Å². The number of aliphatic hydroxyl groups is 1. The summed E-state index contributed by atoms with van der Waals surface area (Å²) in [6.45, 7) is 11.5. The van der Waals surface area contributed by atoms with E-state index in [-0.39, 0.29) is 25.0 Å². The van der Waals surface area contributed by atoms with Gasteiger partial charge in [-0.15, -0.1) is 18.3 Å². The second-order valence-electron chi connectivity index (χ2n) is 10.0. The molecule has 3 aliphatic heterocycles. The summed E-state index contributed by atoms with van der Waals surface area (Å²) in [6.07, 6.45) is 3.37. The second-order valence-corrected chi connectivity index (χ2v) is 11.9. The molecule has 2 N–H and O–H groups in total. The van der Waals surface area contributed by atoms with Crippen LogP contribution in [0.2, 0.25) is 0 Å². The Morgan fingerprint density at radius 1 is 1.32 bits per heavy atom. The highest BCUT2D eigenvalue weighted by molar-refractivity contribution is 8.02. The number of para-hydroxylation sites is 1. The predicted molar refractivity (Wildman–Crippen MR) is 133 cm³/mol. The number of aliphatic hydroxyl groups excluding tert-OH is 1. The van der Waals surface area contributed by atoms with E-state index in [1.54, 1.807) is 11.0 Å².